The first-order chi connectivity index (χ1) is 11.0. The van der Waals surface area contributed by atoms with Crippen molar-refractivity contribution in [3.05, 3.63) is 29.3 Å². The van der Waals surface area contributed by atoms with Gasteiger partial charge in [-0.2, -0.15) is 0 Å². The lowest BCUT2D eigenvalue weighted by Gasteiger charge is -2.56. The summed E-state index contributed by atoms with van der Waals surface area (Å²) in [7, 11) is 0. The Morgan fingerprint density at radius 1 is 1.04 bits per heavy atom. The maximum atomic E-state index is 12.3. The number of carbonyl (C=O) groups is 1. The number of benzene rings is 1. The monoisotopic (exact) mass is 312 g/mol. The van der Waals surface area contributed by atoms with Crippen molar-refractivity contribution in [2.75, 3.05) is 11.9 Å². The average molecular weight is 312 g/mol. The number of aryl methyl sites for hydroxylation is 2. The van der Waals surface area contributed by atoms with E-state index in [1.54, 1.807) is 0 Å². The molecule has 0 radical (unpaired) electrons. The van der Waals surface area contributed by atoms with Gasteiger partial charge in [0.05, 0.1) is 0 Å². The Bertz CT molecular complexity index is 587. The molecule has 0 heterocycles. The first-order valence-corrected chi connectivity index (χ1v) is 9.13. The van der Waals surface area contributed by atoms with Crippen molar-refractivity contribution in [3.8, 4) is 0 Å². The Morgan fingerprint density at radius 2 is 1.65 bits per heavy atom. The largest absolute Gasteiger partial charge is 0.337 e. The van der Waals surface area contributed by atoms with E-state index < -0.39 is 0 Å². The van der Waals surface area contributed by atoms with Gasteiger partial charge in [-0.05, 0) is 98.8 Å². The van der Waals surface area contributed by atoms with Gasteiger partial charge in [0.15, 0.2) is 0 Å². The van der Waals surface area contributed by atoms with Crippen LogP contribution in [-0.2, 0) is 0 Å². The minimum absolute atomic E-state index is 0.0519. The highest BCUT2D eigenvalue weighted by molar-refractivity contribution is 5.89. The summed E-state index contributed by atoms with van der Waals surface area (Å²) in [5, 5.41) is 6.16. The van der Waals surface area contributed by atoms with E-state index >= 15 is 0 Å². The summed E-state index contributed by atoms with van der Waals surface area (Å²) in [6, 6.07) is 6.03. The molecule has 23 heavy (non-hydrogen) atoms. The Kier molecular flexibility index (Phi) is 3.62. The van der Waals surface area contributed by atoms with E-state index in [-0.39, 0.29) is 6.03 Å². The Balaban J connectivity index is 1.35. The van der Waals surface area contributed by atoms with Crippen LogP contribution in [0.3, 0.4) is 0 Å². The van der Waals surface area contributed by atoms with Gasteiger partial charge in [0.1, 0.15) is 0 Å². The van der Waals surface area contributed by atoms with Crippen LogP contribution in [0.2, 0.25) is 0 Å². The Morgan fingerprint density at radius 3 is 2.22 bits per heavy atom. The fraction of sp³-hybridized carbons (Fsp3) is 0.650. The first-order valence-electron chi connectivity index (χ1n) is 9.13. The van der Waals surface area contributed by atoms with Crippen LogP contribution in [0.1, 0.15) is 49.7 Å². The number of hydrogen-bond donors (Lipinski definition) is 2. The van der Waals surface area contributed by atoms with Crippen LogP contribution in [0.4, 0.5) is 10.5 Å². The highest BCUT2D eigenvalue weighted by Gasteiger charge is 2.50. The maximum Gasteiger partial charge on any atom is 0.319 e. The third-order valence-corrected chi connectivity index (χ3v) is 6.55. The number of hydrogen-bond acceptors (Lipinski definition) is 1. The zero-order valence-electron chi connectivity index (χ0n) is 14.3. The molecule has 4 aliphatic rings. The second kappa shape index (κ2) is 5.54. The van der Waals surface area contributed by atoms with Crippen molar-refractivity contribution in [1.29, 1.82) is 0 Å². The molecule has 0 spiro atoms. The molecule has 1 aromatic carbocycles. The number of nitrogens with one attached hydrogen (secondary N) is 2. The van der Waals surface area contributed by atoms with Crippen LogP contribution < -0.4 is 10.6 Å². The van der Waals surface area contributed by atoms with Gasteiger partial charge in [0, 0.05) is 12.2 Å². The van der Waals surface area contributed by atoms with Crippen molar-refractivity contribution in [3.63, 3.8) is 0 Å². The molecule has 4 aliphatic carbocycles. The van der Waals surface area contributed by atoms with E-state index in [4.69, 9.17) is 0 Å². The molecule has 3 heteroatoms. The van der Waals surface area contributed by atoms with Crippen LogP contribution in [0.25, 0.3) is 0 Å². The molecule has 0 aromatic heterocycles. The highest BCUT2D eigenvalue weighted by Crippen LogP contribution is 2.59. The zero-order valence-corrected chi connectivity index (χ0v) is 14.3. The summed E-state index contributed by atoms with van der Waals surface area (Å²) >= 11 is 0. The van der Waals surface area contributed by atoms with Crippen molar-refractivity contribution in [2.45, 2.75) is 52.4 Å². The van der Waals surface area contributed by atoms with Crippen molar-refractivity contribution >= 4 is 11.7 Å². The van der Waals surface area contributed by atoms with E-state index in [9.17, 15) is 4.79 Å². The van der Waals surface area contributed by atoms with E-state index in [2.05, 4.69) is 30.5 Å². The van der Waals surface area contributed by atoms with E-state index in [1.807, 2.05) is 12.1 Å². The molecule has 4 bridgehead atoms. The Labute approximate surface area is 139 Å². The smallest absolute Gasteiger partial charge is 0.319 e. The molecule has 124 valence electrons. The molecule has 0 atom stereocenters. The van der Waals surface area contributed by atoms with Gasteiger partial charge in [-0.15, -0.1) is 0 Å². The summed E-state index contributed by atoms with van der Waals surface area (Å²) in [6.45, 7) is 5.02. The highest BCUT2D eigenvalue weighted by atomic mass is 16.2. The fourth-order valence-electron chi connectivity index (χ4n) is 5.77. The maximum absolute atomic E-state index is 12.3. The SMILES string of the molecule is Cc1ccc(NC(=O)NCC23CC4CC(CC(C4)C2)C3)cc1C. The normalized spacial score (nSPS) is 34.4. The van der Waals surface area contributed by atoms with Gasteiger partial charge >= 0.3 is 6.03 Å². The fourth-order valence-corrected chi connectivity index (χ4v) is 5.77. The van der Waals surface area contributed by atoms with Crippen LogP contribution >= 0.6 is 0 Å². The van der Waals surface area contributed by atoms with Crippen LogP contribution in [0.15, 0.2) is 18.2 Å². The van der Waals surface area contributed by atoms with Gasteiger partial charge in [-0.25, -0.2) is 4.79 Å². The van der Waals surface area contributed by atoms with E-state index in [0.717, 1.165) is 30.0 Å². The molecule has 5 rings (SSSR count). The molecular formula is C20H28N2O. The molecule has 0 unspecified atom stereocenters. The molecule has 1 aromatic rings. The van der Waals surface area contributed by atoms with Gasteiger partial charge in [0.2, 0.25) is 0 Å². The van der Waals surface area contributed by atoms with Crippen LogP contribution in [-0.4, -0.2) is 12.6 Å². The third kappa shape index (κ3) is 2.98. The molecule has 0 aliphatic heterocycles. The average Bonchev–Trinajstić information content (AvgIpc) is 2.48. The molecule has 4 fully saturated rings. The van der Waals surface area contributed by atoms with E-state index in [1.165, 1.54) is 49.7 Å². The second-order valence-electron chi connectivity index (χ2n) is 8.52. The van der Waals surface area contributed by atoms with Crippen molar-refractivity contribution < 1.29 is 4.79 Å². The Hall–Kier alpha value is -1.51. The first kappa shape index (κ1) is 15.0. The lowest BCUT2D eigenvalue weighted by Crippen LogP contribution is -2.51. The van der Waals surface area contributed by atoms with Gasteiger partial charge < -0.3 is 10.6 Å². The lowest BCUT2D eigenvalue weighted by atomic mass is 9.49. The standard InChI is InChI=1S/C20H28N2O/c1-13-3-4-18(5-14(13)2)22-19(23)21-12-20-9-15-6-16(10-20)8-17(7-15)11-20/h3-5,15-17H,6-12H2,1-2H3,(H2,21,22,23). The quantitative estimate of drug-likeness (QED) is 0.838. The summed E-state index contributed by atoms with van der Waals surface area (Å²) in [5.41, 5.74) is 3.75. The summed E-state index contributed by atoms with van der Waals surface area (Å²) < 4.78 is 0. The molecule has 4 saturated carbocycles. The van der Waals surface area contributed by atoms with Gasteiger partial charge in [-0.1, -0.05) is 6.07 Å². The topological polar surface area (TPSA) is 41.1 Å². The molecule has 0 saturated heterocycles. The zero-order chi connectivity index (χ0) is 16.0. The number of rotatable bonds is 3. The number of urea groups is 1. The predicted octanol–water partition coefficient (Wildman–Crippen LogP) is 4.64. The van der Waals surface area contributed by atoms with Crippen LogP contribution in [0.5, 0.6) is 0 Å². The van der Waals surface area contributed by atoms with Crippen molar-refractivity contribution in [2.24, 2.45) is 23.2 Å². The minimum Gasteiger partial charge on any atom is -0.337 e. The summed E-state index contributed by atoms with van der Waals surface area (Å²) in [5.74, 6) is 2.81. The molecule has 3 nitrogen and oxygen atoms in total. The molecule has 2 amide bonds. The summed E-state index contributed by atoms with van der Waals surface area (Å²) in [4.78, 5) is 12.3. The van der Waals surface area contributed by atoms with E-state index in [0.29, 0.717) is 5.41 Å². The number of amides is 2. The third-order valence-electron chi connectivity index (χ3n) is 6.55. The second-order valence-corrected chi connectivity index (χ2v) is 8.52. The van der Waals surface area contributed by atoms with Crippen LogP contribution in [0, 0.1) is 37.0 Å². The number of carbonyl (C=O) groups excluding carboxylic acids is 1. The van der Waals surface area contributed by atoms with Gasteiger partial charge in [0.25, 0.3) is 0 Å². The predicted molar refractivity (Wildman–Crippen MR) is 93.5 cm³/mol. The minimum atomic E-state index is -0.0519. The van der Waals surface area contributed by atoms with Gasteiger partial charge in [-0.3, -0.25) is 0 Å². The summed E-state index contributed by atoms with van der Waals surface area (Å²) in [6.07, 6.45) is 8.37. The number of anilines is 1. The van der Waals surface area contributed by atoms with Crippen molar-refractivity contribution in [1.82, 2.24) is 5.32 Å². The lowest BCUT2D eigenvalue weighted by molar-refractivity contribution is -0.0496. The molecule has 2 N–H and O–H groups in total. The molecular weight excluding hydrogens is 284 g/mol.